The summed E-state index contributed by atoms with van der Waals surface area (Å²) in [7, 11) is 0. The summed E-state index contributed by atoms with van der Waals surface area (Å²) < 4.78 is 5.89. The van der Waals surface area contributed by atoms with Crippen molar-refractivity contribution in [2.75, 3.05) is 5.32 Å². The number of nitrogens with zero attached hydrogens (tertiary/aromatic N) is 2. The minimum atomic E-state index is 0.156. The summed E-state index contributed by atoms with van der Waals surface area (Å²) in [6, 6.07) is 8.12. The van der Waals surface area contributed by atoms with Gasteiger partial charge in [0.15, 0.2) is 0 Å². The molecule has 0 unspecified atom stereocenters. The van der Waals surface area contributed by atoms with Crippen LogP contribution in [0.4, 0.5) is 5.13 Å². The van der Waals surface area contributed by atoms with Crippen molar-refractivity contribution in [2.24, 2.45) is 0 Å². The molecule has 0 atom stereocenters. The molecule has 1 aliphatic rings. The highest BCUT2D eigenvalue weighted by atomic mass is 32.1. The van der Waals surface area contributed by atoms with E-state index in [4.69, 9.17) is 4.74 Å². The Morgan fingerprint density at radius 2 is 2.00 bits per heavy atom. The SMILES string of the molecule is C=C(Cc1ccccc1OC(C)C)Nc1nnc(C2CCCCC2)s1. The Kier molecular flexibility index (Phi) is 6.08. The van der Waals surface area contributed by atoms with Gasteiger partial charge in [0.25, 0.3) is 0 Å². The second-order valence-corrected chi connectivity index (χ2v) is 7.97. The van der Waals surface area contributed by atoms with Crippen molar-refractivity contribution in [3.8, 4) is 5.75 Å². The second-order valence-electron chi connectivity index (χ2n) is 6.96. The van der Waals surface area contributed by atoms with Crippen LogP contribution in [0.3, 0.4) is 0 Å². The lowest BCUT2D eigenvalue weighted by Crippen LogP contribution is -2.09. The van der Waals surface area contributed by atoms with E-state index in [1.165, 1.54) is 37.1 Å². The Bertz CT molecular complexity index is 704. The van der Waals surface area contributed by atoms with E-state index in [1.807, 2.05) is 32.0 Å². The van der Waals surface area contributed by atoms with E-state index in [2.05, 4.69) is 28.2 Å². The van der Waals surface area contributed by atoms with Gasteiger partial charge in [0.2, 0.25) is 5.13 Å². The van der Waals surface area contributed by atoms with E-state index in [0.29, 0.717) is 12.3 Å². The van der Waals surface area contributed by atoms with Gasteiger partial charge < -0.3 is 10.1 Å². The summed E-state index contributed by atoms with van der Waals surface area (Å²) in [5.74, 6) is 1.51. The van der Waals surface area contributed by atoms with Crippen LogP contribution in [0.1, 0.15) is 62.4 Å². The highest BCUT2D eigenvalue weighted by molar-refractivity contribution is 7.15. The van der Waals surface area contributed by atoms with Crippen LogP contribution >= 0.6 is 11.3 Å². The molecule has 1 heterocycles. The Morgan fingerprint density at radius 3 is 2.76 bits per heavy atom. The highest BCUT2D eigenvalue weighted by Gasteiger charge is 2.19. The fourth-order valence-corrected chi connectivity index (χ4v) is 4.20. The number of allylic oxidation sites excluding steroid dienone is 1. The van der Waals surface area contributed by atoms with Crippen molar-refractivity contribution in [2.45, 2.75) is 64.4 Å². The Labute approximate surface area is 154 Å². The van der Waals surface area contributed by atoms with E-state index < -0.39 is 0 Å². The van der Waals surface area contributed by atoms with Crippen molar-refractivity contribution in [1.82, 2.24) is 10.2 Å². The highest BCUT2D eigenvalue weighted by Crippen LogP contribution is 2.35. The quantitative estimate of drug-likeness (QED) is 0.706. The maximum atomic E-state index is 5.89. The smallest absolute Gasteiger partial charge is 0.209 e. The second kappa shape index (κ2) is 8.48. The van der Waals surface area contributed by atoms with Crippen LogP contribution < -0.4 is 10.1 Å². The lowest BCUT2D eigenvalue weighted by molar-refractivity contribution is 0.240. The average molecular weight is 358 g/mol. The lowest BCUT2D eigenvalue weighted by atomic mass is 9.90. The molecule has 0 saturated heterocycles. The predicted octanol–water partition coefficient (Wildman–Crippen LogP) is 5.54. The van der Waals surface area contributed by atoms with Crippen LogP contribution in [0.5, 0.6) is 5.75 Å². The molecule has 1 aliphatic carbocycles. The number of hydrogen-bond acceptors (Lipinski definition) is 5. The molecular weight excluding hydrogens is 330 g/mol. The first-order valence-electron chi connectivity index (χ1n) is 9.14. The van der Waals surface area contributed by atoms with Crippen molar-refractivity contribution in [3.63, 3.8) is 0 Å². The molecule has 1 aromatic carbocycles. The third-order valence-corrected chi connectivity index (χ3v) is 5.42. The maximum absolute atomic E-state index is 5.89. The van der Waals surface area contributed by atoms with Gasteiger partial charge in [-0.15, -0.1) is 10.2 Å². The van der Waals surface area contributed by atoms with Gasteiger partial charge in [-0.3, -0.25) is 0 Å². The lowest BCUT2D eigenvalue weighted by Gasteiger charge is -2.18. The molecule has 1 N–H and O–H groups in total. The first kappa shape index (κ1) is 17.9. The number of para-hydroxylation sites is 1. The summed E-state index contributed by atoms with van der Waals surface area (Å²) in [5.41, 5.74) is 2.04. The molecule has 2 aromatic rings. The Balaban J connectivity index is 1.60. The minimum Gasteiger partial charge on any atom is -0.491 e. The van der Waals surface area contributed by atoms with Gasteiger partial charge in [0.05, 0.1) is 6.10 Å². The van der Waals surface area contributed by atoms with E-state index in [-0.39, 0.29) is 6.10 Å². The molecule has 25 heavy (non-hydrogen) atoms. The van der Waals surface area contributed by atoms with Gasteiger partial charge in [0, 0.05) is 18.0 Å². The third-order valence-electron chi connectivity index (χ3n) is 4.42. The van der Waals surface area contributed by atoms with Crippen LogP contribution in [0.25, 0.3) is 0 Å². The molecule has 0 radical (unpaired) electrons. The van der Waals surface area contributed by atoms with Crippen molar-refractivity contribution < 1.29 is 4.74 Å². The summed E-state index contributed by atoms with van der Waals surface area (Å²) in [4.78, 5) is 0. The Morgan fingerprint density at radius 1 is 1.24 bits per heavy atom. The fourth-order valence-electron chi connectivity index (χ4n) is 3.24. The number of anilines is 1. The minimum absolute atomic E-state index is 0.156. The van der Waals surface area contributed by atoms with Gasteiger partial charge in [0.1, 0.15) is 10.8 Å². The van der Waals surface area contributed by atoms with Gasteiger partial charge in [-0.05, 0) is 38.3 Å². The molecule has 0 amide bonds. The van der Waals surface area contributed by atoms with E-state index in [1.54, 1.807) is 11.3 Å². The zero-order valence-corrected chi connectivity index (χ0v) is 15.9. The molecule has 4 nitrogen and oxygen atoms in total. The number of hydrogen-bond donors (Lipinski definition) is 1. The molecule has 5 heteroatoms. The van der Waals surface area contributed by atoms with E-state index in [0.717, 1.165) is 22.1 Å². The van der Waals surface area contributed by atoms with Crippen molar-refractivity contribution >= 4 is 16.5 Å². The fraction of sp³-hybridized carbons (Fsp3) is 0.500. The molecule has 134 valence electrons. The third kappa shape index (κ3) is 5.05. The first-order valence-corrected chi connectivity index (χ1v) is 9.96. The number of benzene rings is 1. The molecule has 0 bridgehead atoms. The van der Waals surface area contributed by atoms with Gasteiger partial charge >= 0.3 is 0 Å². The van der Waals surface area contributed by atoms with Crippen LogP contribution in [-0.2, 0) is 6.42 Å². The summed E-state index contributed by atoms with van der Waals surface area (Å²) in [5, 5.41) is 14.0. The predicted molar refractivity (Wildman–Crippen MR) is 104 cm³/mol. The number of nitrogens with one attached hydrogen (secondary N) is 1. The zero-order chi connectivity index (χ0) is 17.6. The average Bonchev–Trinajstić information content (AvgIpc) is 3.05. The molecular formula is C20H27N3OS. The standard InChI is InChI=1S/C20H27N3OS/c1-14(2)24-18-12-8-7-11-17(18)13-15(3)21-20-23-22-19(25-20)16-9-5-4-6-10-16/h7-8,11-12,14,16H,3-6,9-10,13H2,1-2H3,(H,21,23). The Hall–Kier alpha value is -1.88. The zero-order valence-electron chi connectivity index (χ0n) is 15.1. The summed E-state index contributed by atoms with van der Waals surface area (Å²) >= 11 is 1.67. The van der Waals surface area contributed by atoms with Crippen molar-refractivity contribution in [1.29, 1.82) is 0 Å². The van der Waals surface area contributed by atoms with Crippen molar-refractivity contribution in [3.05, 3.63) is 47.1 Å². The van der Waals surface area contributed by atoms with Gasteiger partial charge in [-0.1, -0.05) is 55.4 Å². The van der Waals surface area contributed by atoms with Crippen LogP contribution in [0.15, 0.2) is 36.5 Å². The molecule has 1 saturated carbocycles. The summed E-state index contributed by atoms with van der Waals surface area (Å²) in [6.45, 7) is 8.24. The molecule has 0 spiro atoms. The topological polar surface area (TPSA) is 47.0 Å². The summed E-state index contributed by atoms with van der Waals surface area (Å²) in [6.07, 6.45) is 7.34. The van der Waals surface area contributed by atoms with Crippen LogP contribution in [0.2, 0.25) is 0 Å². The van der Waals surface area contributed by atoms with Gasteiger partial charge in [-0.25, -0.2) is 0 Å². The van der Waals surface area contributed by atoms with Gasteiger partial charge in [-0.2, -0.15) is 0 Å². The maximum Gasteiger partial charge on any atom is 0.209 e. The van der Waals surface area contributed by atoms with Crippen LogP contribution in [-0.4, -0.2) is 16.3 Å². The number of rotatable bonds is 7. The largest absolute Gasteiger partial charge is 0.491 e. The number of ether oxygens (including phenoxy) is 1. The normalized spacial score (nSPS) is 15.3. The molecule has 1 aromatic heterocycles. The molecule has 3 rings (SSSR count). The number of aromatic nitrogens is 2. The van der Waals surface area contributed by atoms with E-state index >= 15 is 0 Å². The van der Waals surface area contributed by atoms with E-state index in [9.17, 15) is 0 Å². The first-order chi connectivity index (χ1) is 12.1. The molecule has 0 aliphatic heterocycles. The molecule has 1 fully saturated rings. The van der Waals surface area contributed by atoms with Crippen LogP contribution in [0, 0.1) is 0 Å². The monoisotopic (exact) mass is 357 g/mol.